The molecule has 1 aliphatic heterocycles. The number of guanidine groups is 1. The van der Waals surface area contributed by atoms with Crippen LogP contribution >= 0.6 is 0 Å². The molecule has 0 aromatic heterocycles. The van der Waals surface area contributed by atoms with Gasteiger partial charge in [0.2, 0.25) is 0 Å². The van der Waals surface area contributed by atoms with E-state index >= 15 is 0 Å². The largest absolute Gasteiger partial charge is 0.507 e. The molecule has 0 bridgehead atoms. The first-order valence-electron chi connectivity index (χ1n) is 10.9. The van der Waals surface area contributed by atoms with Crippen molar-refractivity contribution in [2.24, 2.45) is 4.99 Å². The Morgan fingerprint density at radius 3 is 2.63 bits per heavy atom. The van der Waals surface area contributed by atoms with Gasteiger partial charge in [0.1, 0.15) is 30.8 Å². The summed E-state index contributed by atoms with van der Waals surface area (Å²) in [6.45, 7) is 1.86. The molecule has 0 saturated heterocycles. The minimum atomic E-state index is -1.43. The van der Waals surface area contributed by atoms with E-state index in [0.29, 0.717) is 24.9 Å². The van der Waals surface area contributed by atoms with Gasteiger partial charge in [-0.3, -0.25) is 9.79 Å². The molecular weight excluding hydrogens is 458 g/mol. The van der Waals surface area contributed by atoms with E-state index in [-0.39, 0.29) is 17.9 Å². The molecule has 2 amide bonds. The van der Waals surface area contributed by atoms with Gasteiger partial charge in [-0.05, 0) is 17.7 Å². The molecule has 186 valence electrons. The number of aliphatic imine (C=N–C) groups is 1. The lowest BCUT2D eigenvalue weighted by Crippen LogP contribution is -2.48. The fourth-order valence-electron chi connectivity index (χ4n) is 3.04. The number of carbonyl (C=O) groups is 3. The number of nitrogens with zero attached hydrogens (tertiary/aromatic N) is 1. The number of hydrogen-bond donors (Lipinski definition) is 6. The Labute approximate surface area is 201 Å². The van der Waals surface area contributed by atoms with Gasteiger partial charge < -0.3 is 41.0 Å². The minimum Gasteiger partial charge on any atom is -0.507 e. The fraction of sp³-hybridized carbons (Fsp3) is 0.304. The number of hydrogen-bond acceptors (Lipinski definition) is 9. The third-order valence-electron chi connectivity index (χ3n) is 4.82. The summed E-state index contributed by atoms with van der Waals surface area (Å²) in [5, 5.41) is 30.2. The smallest absolute Gasteiger partial charge is 0.408 e. The number of aromatic hydroxyl groups is 1. The number of alkyl carbamates (subject to hydrolysis) is 1. The van der Waals surface area contributed by atoms with E-state index in [0.717, 1.165) is 18.7 Å². The standard InChI is InChI=1S/C23H27N5O7/c29-19-12-16(34-11-10-26-22-24-8-9-25-22)6-7-17(19)20(30)27-13-18(21(31)32)28-23(33)35-14-15-4-2-1-3-5-15/h1-7,12,18,29H,8-11,13-14H2,(H,27,30)(H,28,33)(H,31,32)(H2,24,25,26)/t18-/m0/s1. The molecule has 2 aromatic carbocycles. The van der Waals surface area contributed by atoms with Crippen LogP contribution < -0.4 is 26.0 Å². The highest BCUT2D eigenvalue weighted by molar-refractivity contribution is 5.97. The van der Waals surface area contributed by atoms with E-state index in [1.807, 2.05) is 6.07 Å². The van der Waals surface area contributed by atoms with Gasteiger partial charge in [0, 0.05) is 19.2 Å². The summed E-state index contributed by atoms with van der Waals surface area (Å²) in [7, 11) is 0. The lowest BCUT2D eigenvalue weighted by molar-refractivity contribution is -0.139. The molecule has 0 spiro atoms. The van der Waals surface area contributed by atoms with Crippen molar-refractivity contribution >= 4 is 23.9 Å². The van der Waals surface area contributed by atoms with E-state index in [4.69, 9.17) is 9.47 Å². The third-order valence-corrected chi connectivity index (χ3v) is 4.82. The first-order valence-corrected chi connectivity index (χ1v) is 10.9. The number of aliphatic carboxylic acids is 1. The Kier molecular flexibility index (Phi) is 9.11. The number of carbonyl (C=O) groups excluding carboxylic acids is 2. The number of carboxylic acids is 1. The summed E-state index contributed by atoms with van der Waals surface area (Å²) in [4.78, 5) is 40.0. The van der Waals surface area contributed by atoms with Crippen LogP contribution in [-0.2, 0) is 16.1 Å². The normalized spacial score (nSPS) is 13.1. The van der Waals surface area contributed by atoms with E-state index in [9.17, 15) is 24.6 Å². The molecule has 0 unspecified atom stereocenters. The monoisotopic (exact) mass is 485 g/mol. The molecule has 0 fully saturated rings. The maximum Gasteiger partial charge on any atom is 0.408 e. The summed E-state index contributed by atoms with van der Waals surface area (Å²) in [5.74, 6) is -1.35. The van der Waals surface area contributed by atoms with Gasteiger partial charge in [-0.25, -0.2) is 9.59 Å². The lowest BCUT2D eigenvalue weighted by Gasteiger charge is -2.16. The molecule has 3 rings (SSSR count). The van der Waals surface area contributed by atoms with E-state index in [1.165, 1.54) is 18.2 Å². The number of phenolic OH excluding ortho intramolecular Hbond substituents is 1. The average molecular weight is 485 g/mol. The summed E-state index contributed by atoms with van der Waals surface area (Å²) < 4.78 is 10.5. The molecule has 6 N–H and O–H groups in total. The summed E-state index contributed by atoms with van der Waals surface area (Å²) in [6, 6.07) is 11.6. The first-order chi connectivity index (χ1) is 16.9. The number of amides is 2. The number of ether oxygens (including phenoxy) is 2. The average Bonchev–Trinajstić information content (AvgIpc) is 3.37. The number of nitrogens with one attached hydrogen (secondary N) is 4. The Morgan fingerprint density at radius 1 is 1.14 bits per heavy atom. The highest BCUT2D eigenvalue weighted by Gasteiger charge is 2.22. The van der Waals surface area contributed by atoms with Crippen LogP contribution in [0.2, 0.25) is 0 Å². The quantitative estimate of drug-likeness (QED) is 0.247. The van der Waals surface area contributed by atoms with Crippen LogP contribution in [0.15, 0.2) is 53.5 Å². The number of rotatable bonds is 11. The Hall–Kier alpha value is -4.48. The molecule has 2 aromatic rings. The Morgan fingerprint density at radius 2 is 1.94 bits per heavy atom. The minimum absolute atomic E-state index is 0.0324. The van der Waals surface area contributed by atoms with Gasteiger partial charge in [-0.2, -0.15) is 0 Å². The van der Waals surface area contributed by atoms with Crippen molar-refractivity contribution < 1.29 is 34.1 Å². The van der Waals surface area contributed by atoms with Crippen molar-refractivity contribution in [1.82, 2.24) is 21.3 Å². The van der Waals surface area contributed by atoms with Crippen LogP contribution in [0.1, 0.15) is 15.9 Å². The van der Waals surface area contributed by atoms with Crippen LogP contribution in [0.25, 0.3) is 0 Å². The first kappa shape index (κ1) is 25.1. The van der Waals surface area contributed by atoms with Crippen molar-refractivity contribution in [3.8, 4) is 11.5 Å². The molecule has 12 heteroatoms. The number of carboxylic acid groups (broad SMARTS) is 1. The van der Waals surface area contributed by atoms with E-state index in [2.05, 4.69) is 26.3 Å². The Balaban J connectivity index is 1.44. The van der Waals surface area contributed by atoms with Crippen molar-refractivity contribution in [1.29, 1.82) is 0 Å². The van der Waals surface area contributed by atoms with Crippen molar-refractivity contribution in [3.63, 3.8) is 0 Å². The second-order valence-electron chi connectivity index (χ2n) is 7.42. The molecule has 0 radical (unpaired) electrons. The zero-order chi connectivity index (χ0) is 25.0. The molecule has 1 heterocycles. The van der Waals surface area contributed by atoms with E-state index < -0.39 is 30.6 Å². The van der Waals surface area contributed by atoms with Crippen LogP contribution in [-0.4, -0.2) is 73.0 Å². The zero-order valence-electron chi connectivity index (χ0n) is 18.8. The molecular formula is C23H27N5O7. The predicted molar refractivity (Wildman–Crippen MR) is 125 cm³/mol. The van der Waals surface area contributed by atoms with Crippen LogP contribution in [0.5, 0.6) is 11.5 Å². The van der Waals surface area contributed by atoms with Gasteiger partial charge in [-0.1, -0.05) is 30.3 Å². The highest BCUT2D eigenvalue weighted by Crippen LogP contribution is 2.23. The van der Waals surface area contributed by atoms with E-state index in [1.54, 1.807) is 24.3 Å². The highest BCUT2D eigenvalue weighted by atomic mass is 16.5. The molecule has 1 aliphatic rings. The fourth-order valence-corrected chi connectivity index (χ4v) is 3.04. The number of benzene rings is 2. The van der Waals surface area contributed by atoms with Gasteiger partial charge in [-0.15, -0.1) is 0 Å². The molecule has 0 aliphatic carbocycles. The van der Waals surface area contributed by atoms with Crippen LogP contribution in [0.4, 0.5) is 4.79 Å². The van der Waals surface area contributed by atoms with Gasteiger partial charge >= 0.3 is 12.1 Å². The third kappa shape index (κ3) is 8.11. The van der Waals surface area contributed by atoms with Crippen molar-refractivity contribution in [2.75, 3.05) is 32.8 Å². The summed E-state index contributed by atoms with van der Waals surface area (Å²) in [6.07, 6.45) is -0.940. The molecule has 12 nitrogen and oxygen atoms in total. The zero-order valence-corrected chi connectivity index (χ0v) is 18.8. The second-order valence-corrected chi connectivity index (χ2v) is 7.42. The molecule has 0 saturated carbocycles. The predicted octanol–water partition coefficient (Wildman–Crippen LogP) is 0.429. The van der Waals surface area contributed by atoms with Crippen molar-refractivity contribution in [2.45, 2.75) is 12.6 Å². The summed E-state index contributed by atoms with van der Waals surface area (Å²) >= 11 is 0. The van der Waals surface area contributed by atoms with Gasteiger partial charge in [0.25, 0.3) is 5.91 Å². The lowest BCUT2D eigenvalue weighted by atomic mass is 10.1. The molecule has 1 atom stereocenters. The number of phenols is 1. The van der Waals surface area contributed by atoms with Gasteiger partial charge in [0.15, 0.2) is 5.96 Å². The maximum absolute atomic E-state index is 12.4. The Bertz CT molecular complexity index is 1060. The second kappa shape index (κ2) is 12.7. The molecule has 35 heavy (non-hydrogen) atoms. The van der Waals surface area contributed by atoms with Crippen LogP contribution in [0.3, 0.4) is 0 Å². The van der Waals surface area contributed by atoms with Crippen molar-refractivity contribution in [3.05, 3.63) is 59.7 Å². The topological polar surface area (TPSA) is 171 Å². The van der Waals surface area contributed by atoms with Gasteiger partial charge in [0.05, 0.1) is 18.7 Å². The maximum atomic E-state index is 12.4. The van der Waals surface area contributed by atoms with Crippen LogP contribution in [0, 0.1) is 0 Å². The summed E-state index contributed by atoms with van der Waals surface area (Å²) in [5.41, 5.74) is 0.665. The SMILES string of the molecule is O=C(N[C@@H](CNC(=O)c1ccc(OCCNC2=NCCN2)cc1O)C(=O)O)OCc1ccccc1.